The van der Waals surface area contributed by atoms with E-state index in [0.29, 0.717) is 26.2 Å². The van der Waals surface area contributed by atoms with Crippen molar-refractivity contribution in [2.45, 2.75) is 19.3 Å². The molecule has 2 aromatic carbocycles. The Morgan fingerprint density at radius 3 is 2.37 bits per heavy atom. The van der Waals surface area contributed by atoms with E-state index in [1.165, 1.54) is 21.3 Å². The van der Waals surface area contributed by atoms with Crippen LogP contribution in [0, 0.1) is 14.9 Å². The van der Waals surface area contributed by atoms with Crippen LogP contribution in [0.5, 0.6) is 0 Å². The van der Waals surface area contributed by atoms with Crippen molar-refractivity contribution in [1.29, 1.82) is 5.26 Å². The Hall–Kier alpha value is -2.32. The molecule has 1 aliphatic rings. The number of nitrogens with zero attached hydrogens (tertiary/aromatic N) is 3. The first-order valence-electron chi connectivity index (χ1n) is 9.36. The van der Waals surface area contributed by atoms with Gasteiger partial charge < -0.3 is 10.2 Å². The molecule has 0 aliphatic carbocycles. The lowest BCUT2D eigenvalue weighted by molar-refractivity contribution is -0.138. The Bertz CT molecular complexity index is 933. The minimum atomic E-state index is -4.59. The Morgan fingerprint density at radius 2 is 1.77 bits per heavy atom. The number of benzene rings is 2. The van der Waals surface area contributed by atoms with E-state index in [1.807, 2.05) is 0 Å². The van der Waals surface area contributed by atoms with Gasteiger partial charge in [-0.2, -0.15) is 18.4 Å². The molecular weight excluding hydrogens is 508 g/mol. The lowest BCUT2D eigenvalue weighted by atomic mass is 10.0. The third-order valence-electron chi connectivity index (χ3n) is 4.95. The summed E-state index contributed by atoms with van der Waals surface area (Å²) < 4.78 is 40.9. The van der Waals surface area contributed by atoms with Crippen LogP contribution in [-0.4, -0.2) is 42.0 Å². The number of hydrogen-bond acceptors (Lipinski definition) is 3. The van der Waals surface area contributed by atoms with E-state index in [1.54, 1.807) is 11.0 Å². The van der Waals surface area contributed by atoms with Crippen LogP contribution < -0.4 is 5.32 Å². The van der Waals surface area contributed by atoms with E-state index in [2.05, 4.69) is 57.1 Å². The van der Waals surface area contributed by atoms with Crippen molar-refractivity contribution in [2.24, 2.45) is 0 Å². The van der Waals surface area contributed by atoms with Gasteiger partial charge in [0.2, 0.25) is 0 Å². The molecule has 9 heteroatoms. The lowest BCUT2D eigenvalue weighted by Gasteiger charge is -2.34. The van der Waals surface area contributed by atoms with Crippen molar-refractivity contribution in [3.8, 4) is 6.07 Å². The molecule has 158 valence electrons. The van der Waals surface area contributed by atoms with Crippen LogP contribution in [0.3, 0.4) is 0 Å². The first-order chi connectivity index (χ1) is 14.3. The second-order valence-electron chi connectivity index (χ2n) is 7.03. The molecule has 0 radical (unpaired) electrons. The van der Waals surface area contributed by atoms with Crippen molar-refractivity contribution in [2.75, 3.05) is 26.2 Å². The average Bonchev–Trinajstić information content (AvgIpc) is 2.73. The van der Waals surface area contributed by atoms with Gasteiger partial charge in [0.1, 0.15) is 0 Å². The molecule has 1 heterocycles. The number of rotatable bonds is 4. The van der Waals surface area contributed by atoms with Crippen LogP contribution in [0.4, 0.5) is 18.0 Å². The summed E-state index contributed by atoms with van der Waals surface area (Å²) in [5.74, 6) is 0. The summed E-state index contributed by atoms with van der Waals surface area (Å²) >= 11 is 2.26. The highest BCUT2D eigenvalue weighted by atomic mass is 127. The standard InChI is InChI=1S/C21H20F3IN4O/c22-21(23,24)19-11-16(12-26)1-4-17(19)13-27-20(30)29-9-7-28(8-10-29)14-15-2-5-18(25)6-3-15/h1-6,11H,7-10,13-14H2,(H,27,30). The maximum absolute atomic E-state index is 13.2. The van der Waals surface area contributed by atoms with Crippen LogP contribution in [0.2, 0.25) is 0 Å². The zero-order chi connectivity index (χ0) is 21.7. The van der Waals surface area contributed by atoms with E-state index in [9.17, 15) is 18.0 Å². The fraction of sp³-hybridized carbons (Fsp3) is 0.333. The Morgan fingerprint density at radius 1 is 1.10 bits per heavy atom. The quantitative estimate of drug-likeness (QED) is 0.606. The van der Waals surface area contributed by atoms with Crippen molar-refractivity contribution in [1.82, 2.24) is 15.1 Å². The monoisotopic (exact) mass is 528 g/mol. The van der Waals surface area contributed by atoms with Crippen LogP contribution in [0.25, 0.3) is 0 Å². The van der Waals surface area contributed by atoms with Gasteiger partial charge in [0.05, 0.1) is 17.2 Å². The van der Waals surface area contributed by atoms with Crippen LogP contribution in [-0.2, 0) is 19.3 Å². The fourth-order valence-electron chi connectivity index (χ4n) is 3.30. The molecule has 30 heavy (non-hydrogen) atoms. The first kappa shape index (κ1) is 22.4. The number of carbonyl (C=O) groups excluding carboxylic acids is 1. The Labute approximate surface area is 186 Å². The molecule has 1 fully saturated rings. The summed E-state index contributed by atoms with van der Waals surface area (Å²) in [5, 5.41) is 11.4. The van der Waals surface area contributed by atoms with Gasteiger partial charge in [0.25, 0.3) is 0 Å². The van der Waals surface area contributed by atoms with Gasteiger partial charge in [-0.05, 0) is 58.0 Å². The molecule has 1 aliphatic heterocycles. The number of alkyl halides is 3. The number of amides is 2. The van der Waals surface area contributed by atoms with Crippen LogP contribution >= 0.6 is 22.6 Å². The lowest BCUT2D eigenvalue weighted by Crippen LogP contribution is -2.51. The van der Waals surface area contributed by atoms with Crippen molar-refractivity contribution >= 4 is 28.6 Å². The number of carbonyl (C=O) groups is 1. The fourth-order valence-corrected chi connectivity index (χ4v) is 3.66. The van der Waals surface area contributed by atoms with E-state index in [-0.39, 0.29) is 23.7 Å². The van der Waals surface area contributed by atoms with Gasteiger partial charge in [-0.15, -0.1) is 0 Å². The number of nitriles is 1. The van der Waals surface area contributed by atoms with Gasteiger partial charge in [-0.25, -0.2) is 4.79 Å². The smallest absolute Gasteiger partial charge is 0.334 e. The second-order valence-corrected chi connectivity index (χ2v) is 8.28. The number of hydrogen-bond donors (Lipinski definition) is 1. The Balaban J connectivity index is 1.53. The van der Waals surface area contributed by atoms with Crippen LogP contribution in [0.15, 0.2) is 42.5 Å². The molecule has 1 saturated heterocycles. The molecule has 5 nitrogen and oxygen atoms in total. The van der Waals surface area contributed by atoms with Gasteiger partial charge in [-0.1, -0.05) is 18.2 Å². The summed E-state index contributed by atoms with van der Waals surface area (Å²) in [4.78, 5) is 16.3. The summed E-state index contributed by atoms with van der Waals surface area (Å²) in [7, 11) is 0. The number of halogens is 4. The number of urea groups is 1. The molecule has 0 saturated carbocycles. The molecule has 2 aromatic rings. The molecule has 0 atom stereocenters. The molecule has 0 unspecified atom stereocenters. The number of nitrogens with one attached hydrogen (secondary N) is 1. The third kappa shape index (κ3) is 5.86. The maximum Gasteiger partial charge on any atom is 0.416 e. The SMILES string of the molecule is N#Cc1ccc(CNC(=O)N2CCN(Cc3ccc(I)cc3)CC2)c(C(F)(F)F)c1. The van der Waals surface area contributed by atoms with Gasteiger partial charge >= 0.3 is 12.2 Å². The predicted molar refractivity (Wildman–Crippen MR) is 114 cm³/mol. The summed E-state index contributed by atoms with van der Waals surface area (Å²) in [6.07, 6.45) is -4.59. The normalized spacial score (nSPS) is 15.0. The summed E-state index contributed by atoms with van der Waals surface area (Å²) in [6.45, 7) is 2.97. The van der Waals surface area contributed by atoms with Crippen molar-refractivity contribution in [3.05, 3.63) is 68.3 Å². The van der Waals surface area contributed by atoms with E-state index in [4.69, 9.17) is 5.26 Å². The third-order valence-corrected chi connectivity index (χ3v) is 5.67. The van der Waals surface area contributed by atoms with E-state index < -0.39 is 11.7 Å². The number of piperazine rings is 1. The van der Waals surface area contributed by atoms with Crippen molar-refractivity contribution in [3.63, 3.8) is 0 Å². The molecule has 0 bridgehead atoms. The second kappa shape index (κ2) is 9.66. The average molecular weight is 528 g/mol. The highest BCUT2D eigenvalue weighted by Crippen LogP contribution is 2.32. The minimum absolute atomic E-state index is 0.0628. The van der Waals surface area contributed by atoms with Gasteiger partial charge in [0, 0.05) is 42.8 Å². The summed E-state index contributed by atoms with van der Waals surface area (Å²) in [5.41, 5.74) is 0.173. The van der Waals surface area contributed by atoms with Crippen LogP contribution in [0.1, 0.15) is 22.3 Å². The van der Waals surface area contributed by atoms with Gasteiger partial charge in [-0.3, -0.25) is 4.90 Å². The molecule has 0 aromatic heterocycles. The van der Waals surface area contributed by atoms with E-state index >= 15 is 0 Å². The molecule has 2 amide bonds. The van der Waals surface area contributed by atoms with Crippen molar-refractivity contribution < 1.29 is 18.0 Å². The van der Waals surface area contributed by atoms with Gasteiger partial charge in [0.15, 0.2) is 0 Å². The predicted octanol–water partition coefficient (Wildman–Crippen LogP) is 4.21. The highest BCUT2D eigenvalue weighted by Gasteiger charge is 2.33. The maximum atomic E-state index is 13.2. The molecular formula is C21H20F3IN4O. The largest absolute Gasteiger partial charge is 0.416 e. The first-order valence-corrected chi connectivity index (χ1v) is 10.4. The highest BCUT2D eigenvalue weighted by molar-refractivity contribution is 14.1. The van der Waals surface area contributed by atoms with E-state index in [0.717, 1.165) is 12.6 Å². The Kier molecular flexibility index (Phi) is 7.20. The zero-order valence-electron chi connectivity index (χ0n) is 16.0. The molecule has 1 N–H and O–H groups in total. The zero-order valence-corrected chi connectivity index (χ0v) is 18.2. The molecule has 0 spiro atoms. The summed E-state index contributed by atoms with van der Waals surface area (Å²) in [6, 6.07) is 13.0. The molecule has 3 rings (SSSR count). The minimum Gasteiger partial charge on any atom is -0.334 e. The topological polar surface area (TPSA) is 59.4 Å².